The van der Waals surface area contributed by atoms with Gasteiger partial charge in [0.2, 0.25) is 5.91 Å². The first-order chi connectivity index (χ1) is 11.2. The van der Waals surface area contributed by atoms with Crippen LogP contribution >= 0.6 is 23.1 Å². The Hall–Kier alpha value is -2.07. The molecule has 1 aromatic heterocycles. The molecule has 2 amide bonds. The van der Waals surface area contributed by atoms with E-state index in [0.29, 0.717) is 10.8 Å². The molecule has 0 aliphatic carbocycles. The summed E-state index contributed by atoms with van der Waals surface area (Å²) in [7, 11) is 0. The molecule has 0 bridgehead atoms. The van der Waals surface area contributed by atoms with Gasteiger partial charge < -0.3 is 5.73 Å². The summed E-state index contributed by atoms with van der Waals surface area (Å²) < 4.78 is 38.2. The molecule has 2 rings (SSSR count). The quantitative estimate of drug-likeness (QED) is 0.786. The molecule has 5 nitrogen and oxygen atoms in total. The van der Waals surface area contributed by atoms with Crippen LogP contribution in [0, 0.1) is 6.92 Å². The molecular weight excluding hydrogens is 363 g/mol. The smallest absolute Gasteiger partial charge is 0.369 e. The Balaban J connectivity index is 2.07. The van der Waals surface area contributed by atoms with E-state index in [9.17, 15) is 22.8 Å². The van der Waals surface area contributed by atoms with Crippen LogP contribution in [0.2, 0.25) is 0 Å². The zero-order valence-electron chi connectivity index (χ0n) is 12.3. The summed E-state index contributed by atoms with van der Waals surface area (Å²) in [4.78, 5) is 27.0. The summed E-state index contributed by atoms with van der Waals surface area (Å²) in [6, 6.07) is 3.88. The fourth-order valence-corrected chi connectivity index (χ4v) is 3.56. The number of thioether (sulfide) groups is 1. The zero-order chi connectivity index (χ0) is 17.9. The monoisotopic (exact) mass is 375 g/mol. The topological polar surface area (TPSA) is 85.1 Å². The van der Waals surface area contributed by atoms with E-state index in [1.54, 1.807) is 6.92 Å². The molecule has 2 aromatic rings. The minimum absolute atomic E-state index is 0.0854. The number of hydrogen-bond donors (Lipinski definition) is 2. The highest BCUT2D eigenvalue weighted by Crippen LogP contribution is 2.32. The van der Waals surface area contributed by atoms with Crippen molar-refractivity contribution < 1.29 is 22.8 Å². The third kappa shape index (κ3) is 4.71. The molecule has 0 fully saturated rings. The van der Waals surface area contributed by atoms with Crippen LogP contribution in [0.5, 0.6) is 0 Å². The number of halogens is 3. The lowest BCUT2D eigenvalue weighted by molar-refractivity contribution is -0.137. The van der Waals surface area contributed by atoms with Gasteiger partial charge in [-0.3, -0.25) is 14.9 Å². The van der Waals surface area contributed by atoms with Crippen molar-refractivity contribution in [2.45, 2.75) is 17.3 Å². The lowest BCUT2D eigenvalue weighted by atomic mass is 10.1. The Morgan fingerprint density at radius 1 is 1.29 bits per heavy atom. The van der Waals surface area contributed by atoms with Crippen molar-refractivity contribution in [1.29, 1.82) is 0 Å². The second-order valence-corrected chi connectivity index (χ2v) is 6.92. The largest absolute Gasteiger partial charge is 0.416 e. The van der Waals surface area contributed by atoms with E-state index in [1.807, 2.05) is 0 Å². The third-order valence-corrected chi connectivity index (χ3v) is 5.25. The molecule has 1 aromatic carbocycles. The van der Waals surface area contributed by atoms with Gasteiger partial charge in [0.05, 0.1) is 21.2 Å². The lowest BCUT2D eigenvalue weighted by Gasteiger charge is -2.07. The van der Waals surface area contributed by atoms with Gasteiger partial charge in [-0.05, 0) is 31.2 Å². The molecule has 0 aliphatic heterocycles. The average Bonchev–Trinajstić information content (AvgIpc) is 2.84. The van der Waals surface area contributed by atoms with Gasteiger partial charge in [0.25, 0.3) is 5.91 Å². The maximum atomic E-state index is 12.5. The molecule has 3 N–H and O–H groups in total. The van der Waals surface area contributed by atoms with Crippen LogP contribution in [-0.4, -0.2) is 22.6 Å². The Bertz CT molecular complexity index is 758. The normalized spacial score (nSPS) is 11.3. The van der Waals surface area contributed by atoms with Crippen molar-refractivity contribution in [3.05, 3.63) is 41.1 Å². The Labute approximate surface area is 143 Å². The van der Waals surface area contributed by atoms with Crippen molar-refractivity contribution in [1.82, 2.24) is 4.98 Å². The highest BCUT2D eigenvalue weighted by Gasteiger charge is 2.30. The minimum atomic E-state index is -4.45. The second-order valence-electron chi connectivity index (χ2n) is 4.68. The summed E-state index contributed by atoms with van der Waals surface area (Å²) in [6.45, 7) is 1.72. The number of aromatic nitrogens is 1. The number of benzene rings is 1. The number of primary amides is 1. The molecule has 0 saturated carbocycles. The Morgan fingerprint density at radius 3 is 2.46 bits per heavy atom. The standard InChI is InChI=1S/C14H12F3N3O2S2/c1-7-12(23-6-10(18)21)24-13(19-7)20-11(22)8-2-4-9(5-3-8)14(15,16)17/h2-5H,6H2,1H3,(H2,18,21)(H,19,20,22). The van der Waals surface area contributed by atoms with Crippen molar-refractivity contribution >= 4 is 40.0 Å². The van der Waals surface area contributed by atoms with Crippen LogP contribution in [0.1, 0.15) is 21.6 Å². The van der Waals surface area contributed by atoms with Gasteiger partial charge >= 0.3 is 6.18 Å². The lowest BCUT2D eigenvalue weighted by Crippen LogP contribution is -2.12. The molecule has 0 radical (unpaired) electrons. The number of nitrogens with one attached hydrogen (secondary N) is 1. The summed E-state index contributed by atoms with van der Waals surface area (Å²) >= 11 is 2.37. The number of aryl methyl sites for hydroxylation is 1. The maximum Gasteiger partial charge on any atom is 0.416 e. The Morgan fingerprint density at radius 2 is 1.92 bits per heavy atom. The van der Waals surface area contributed by atoms with E-state index in [2.05, 4.69) is 10.3 Å². The number of amides is 2. The number of thiazole rings is 1. The first kappa shape index (κ1) is 18.3. The van der Waals surface area contributed by atoms with Crippen LogP contribution in [0.3, 0.4) is 0 Å². The SMILES string of the molecule is Cc1nc(NC(=O)c2ccc(C(F)(F)F)cc2)sc1SCC(N)=O. The van der Waals surface area contributed by atoms with E-state index in [4.69, 9.17) is 5.73 Å². The van der Waals surface area contributed by atoms with Crippen LogP contribution in [0.25, 0.3) is 0 Å². The minimum Gasteiger partial charge on any atom is -0.369 e. The molecule has 0 atom stereocenters. The van der Waals surface area contributed by atoms with E-state index < -0.39 is 23.6 Å². The highest BCUT2D eigenvalue weighted by molar-refractivity contribution is 8.01. The van der Waals surface area contributed by atoms with Gasteiger partial charge in [0, 0.05) is 5.56 Å². The number of nitrogens with zero attached hydrogens (tertiary/aromatic N) is 1. The summed E-state index contributed by atoms with van der Waals surface area (Å²) in [5.74, 6) is -0.943. The van der Waals surface area contributed by atoms with Crippen LogP contribution in [0.15, 0.2) is 28.5 Å². The van der Waals surface area contributed by atoms with Crippen molar-refractivity contribution in [3.63, 3.8) is 0 Å². The van der Waals surface area contributed by atoms with Crippen molar-refractivity contribution in [2.75, 3.05) is 11.1 Å². The van der Waals surface area contributed by atoms with E-state index in [1.165, 1.54) is 11.8 Å². The Kier molecular flexibility index (Phi) is 5.50. The first-order valence-corrected chi connectivity index (χ1v) is 8.34. The number of carbonyl (C=O) groups is 2. The summed E-state index contributed by atoms with van der Waals surface area (Å²) in [5.41, 5.74) is 4.97. The van der Waals surface area contributed by atoms with Gasteiger partial charge in [-0.1, -0.05) is 11.3 Å². The fraction of sp³-hybridized carbons (Fsp3) is 0.214. The summed E-state index contributed by atoms with van der Waals surface area (Å²) in [6.07, 6.45) is -4.45. The van der Waals surface area contributed by atoms with Gasteiger partial charge in [-0.15, -0.1) is 11.8 Å². The molecule has 1 heterocycles. The van der Waals surface area contributed by atoms with Crippen molar-refractivity contribution in [3.8, 4) is 0 Å². The molecule has 0 unspecified atom stereocenters. The predicted octanol–water partition coefficient (Wildman–Crippen LogP) is 3.30. The zero-order valence-corrected chi connectivity index (χ0v) is 13.9. The molecule has 24 heavy (non-hydrogen) atoms. The highest BCUT2D eigenvalue weighted by atomic mass is 32.2. The van der Waals surface area contributed by atoms with Gasteiger partial charge in [-0.25, -0.2) is 4.98 Å². The van der Waals surface area contributed by atoms with Crippen LogP contribution < -0.4 is 11.1 Å². The van der Waals surface area contributed by atoms with E-state index in [0.717, 1.165) is 39.8 Å². The number of anilines is 1. The predicted molar refractivity (Wildman–Crippen MR) is 86.2 cm³/mol. The van der Waals surface area contributed by atoms with Gasteiger partial charge in [0.15, 0.2) is 5.13 Å². The molecule has 0 saturated heterocycles. The third-order valence-electron chi connectivity index (χ3n) is 2.79. The fourth-order valence-electron chi connectivity index (χ4n) is 1.69. The van der Waals surface area contributed by atoms with Crippen LogP contribution in [0.4, 0.5) is 18.3 Å². The molecular formula is C14H12F3N3O2S2. The number of rotatable bonds is 5. The second kappa shape index (κ2) is 7.22. The average molecular weight is 375 g/mol. The molecule has 0 aliphatic rings. The van der Waals surface area contributed by atoms with E-state index in [-0.39, 0.29) is 11.3 Å². The first-order valence-electron chi connectivity index (χ1n) is 6.54. The van der Waals surface area contributed by atoms with Crippen LogP contribution in [-0.2, 0) is 11.0 Å². The summed E-state index contributed by atoms with van der Waals surface area (Å²) in [5, 5.41) is 2.82. The number of hydrogen-bond acceptors (Lipinski definition) is 5. The molecule has 10 heteroatoms. The molecule has 128 valence electrons. The number of alkyl halides is 3. The van der Waals surface area contributed by atoms with E-state index >= 15 is 0 Å². The van der Waals surface area contributed by atoms with Gasteiger partial charge in [0.1, 0.15) is 0 Å². The van der Waals surface area contributed by atoms with Gasteiger partial charge in [-0.2, -0.15) is 13.2 Å². The maximum absolute atomic E-state index is 12.5. The number of carbonyl (C=O) groups excluding carboxylic acids is 2. The number of nitrogens with two attached hydrogens (primary N) is 1. The molecule has 0 spiro atoms. The van der Waals surface area contributed by atoms with Crippen molar-refractivity contribution in [2.24, 2.45) is 5.73 Å².